The summed E-state index contributed by atoms with van der Waals surface area (Å²) in [4.78, 5) is 0. The highest BCUT2D eigenvalue weighted by Gasteiger charge is 2.61. The number of rotatable bonds is 0. The largest absolute Gasteiger partial charge is 0.407 e. The molecule has 1 saturated carbocycles. The first kappa shape index (κ1) is 10.4. The first-order valence-electron chi connectivity index (χ1n) is 5.72. The zero-order chi connectivity index (χ0) is 10.6. The van der Waals surface area contributed by atoms with Crippen molar-refractivity contribution in [3.63, 3.8) is 0 Å². The van der Waals surface area contributed by atoms with Crippen LogP contribution in [0.25, 0.3) is 0 Å². The minimum absolute atomic E-state index is 0.0380. The van der Waals surface area contributed by atoms with Crippen molar-refractivity contribution in [2.24, 2.45) is 5.41 Å². The average molecular weight is 210 g/mol. The van der Waals surface area contributed by atoms with Gasteiger partial charge in [0.15, 0.2) is 0 Å². The van der Waals surface area contributed by atoms with Gasteiger partial charge in [-0.05, 0) is 39.8 Å². The lowest BCUT2D eigenvalue weighted by Gasteiger charge is -2.37. The molecule has 2 aliphatic rings. The lowest BCUT2D eigenvalue weighted by molar-refractivity contribution is 0.0230. The fraction of sp³-hybridized carbons (Fsp3) is 0.833. The van der Waals surface area contributed by atoms with E-state index in [0.29, 0.717) is 5.41 Å². The SMILES string of the molecule is C=C1C2(CCCC2)C(C)(C)O[Si]1(C)C. The van der Waals surface area contributed by atoms with Gasteiger partial charge < -0.3 is 4.43 Å². The second-order valence-electron chi connectivity index (χ2n) is 5.89. The molecule has 0 unspecified atom stereocenters. The monoisotopic (exact) mass is 210 g/mol. The minimum Gasteiger partial charge on any atom is -0.407 e. The van der Waals surface area contributed by atoms with Gasteiger partial charge in [-0.1, -0.05) is 18.0 Å². The smallest absolute Gasteiger partial charge is 0.215 e. The molecule has 1 aliphatic carbocycles. The molecular formula is C12H22OSi. The molecule has 0 bridgehead atoms. The van der Waals surface area contributed by atoms with E-state index in [0.717, 1.165) is 0 Å². The Labute approximate surface area is 88.7 Å². The topological polar surface area (TPSA) is 9.23 Å². The van der Waals surface area contributed by atoms with Crippen molar-refractivity contribution in [2.45, 2.75) is 58.2 Å². The van der Waals surface area contributed by atoms with Crippen LogP contribution in [0.3, 0.4) is 0 Å². The normalized spacial score (nSPS) is 32.7. The van der Waals surface area contributed by atoms with Gasteiger partial charge in [-0.3, -0.25) is 0 Å². The Kier molecular flexibility index (Phi) is 2.04. The molecule has 80 valence electrons. The first-order chi connectivity index (χ1) is 6.32. The van der Waals surface area contributed by atoms with Crippen LogP contribution < -0.4 is 0 Å². The molecule has 2 fully saturated rings. The zero-order valence-corrected chi connectivity index (χ0v) is 10.9. The average Bonchev–Trinajstić information content (AvgIpc) is 2.53. The van der Waals surface area contributed by atoms with Crippen molar-refractivity contribution in [3.05, 3.63) is 11.8 Å². The Morgan fingerprint density at radius 1 is 1.21 bits per heavy atom. The van der Waals surface area contributed by atoms with Crippen molar-refractivity contribution >= 4 is 8.32 Å². The van der Waals surface area contributed by atoms with Crippen molar-refractivity contribution in [3.8, 4) is 0 Å². The van der Waals surface area contributed by atoms with Gasteiger partial charge >= 0.3 is 0 Å². The van der Waals surface area contributed by atoms with E-state index < -0.39 is 8.32 Å². The fourth-order valence-corrected chi connectivity index (χ4v) is 6.92. The zero-order valence-electron chi connectivity index (χ0n) is 9.94. The predicted molar refractivity (Wildman–Crippen MR) is 62.7 cm³/mol. The third kappa shape index (κ3) is 1.10. The van der Waals surface area contributed by atoms with Gasteiger partial charge in [0.1, 0.15) is 0 Å². The quantitative estimate of drug-likeness (QED) is 0.554. The molecule has 0 N–H and O–H groups in total. The molecule has 0 atom stereocenters. The summed E-state index contributed by atoms with van der Waals surface area (Å²) in [6.07, 6.45) is 5.32. The molecule has 0 radical (unpaired) electrons. The van der Waals surface area contributed by atoms with Crippen molar-refractivity contribution in [1.29, 1.82) is 0 Å². The predicted octanol–water partition coefficient (Wildman–Crippen LogP) is 3.66. The third-order valence-corrected chi connectivity index (χ3v) is 7.38. The Bertz CT molecular complexity index is 272. The highest BCUT2D eigenvalue weighted by molar-refractivity contribution is 6.79. The van der Waals surface area contributed by atoms with Crippen LogP contribution >= 0.6 is 0 Å². The van der Waals surface area contributed by atoms with Crippen LogP contribution in [0, 0.1) is 5.41 Å². The van der Waals surface area contributed by atoms with Crippen molar-refractivity contribution in [1.82, 2.24) is 0 Å². The van der Waals surface area contributed by atoms with Gasteiger partial charge in [0.2, 0.25) is 8.32 Å². The molecule has 1 spiro atoms. The van der Waals surface area contributed by atoms with Gasteiger partial charge in [0, 0.05) is 5.41 Å². The molecule has 0 aromatic carbocycles. The highest BCUT2D eigenvalue weighted by Crippen LogP contribution is 2.60. The van der Waals surface area contributed by atoms with Gasteiger partial charge in [-0.2, -0.15) is 0 Å². The van der Waals surface area contributed by atoms with Crippen LogP contribution in [0.1, 0.15) is 39.5 Å². The Morgan fingerprint density at radius 2 is 1.71 bits per heavy atom. The molecule has 1 saturated heterocycles. The summed E-state index contributed by atoms with van der Waals surface area (Å²) in [5.74, 6) is 0. The van der Waals surface area contributed by atoms with Gasteiger partial charge in [-0.25, -0.2) is 0 Å². The second kappa shape index (κ2) is 2.73. The molecular weight excluding hydrogens is 188 g/mol. The van der Waals surface area contributed by atoms with E-state index >= 15 is 0 Å². The molecule has 0 aromatic rings. The van der Waals surface area contributed by atoms with Gasteiger partial charge in [0.25, 0.3) is 0 Å². The summed E-state index contributed by atoms with van der Waals surface area (Å²) in [5, 5.41) is 1.47. The molecule has 2 rings (SSSR count). The maximum Gasteiger partial charge on any atom is 0.215 e. The number of hydrogen-bond acceptors (Lipinski definition) is 1. The van der Waals surface area contributed by atoms with Crippen LogP contribution in [0.5, 0.6) is 0 Å². The summed E-state index contributed by atoms with van der Waals surface area (Å²) in [7, 11) is -1.61. The molecule has 0 aromatic heterocycles. The summed E-state index contributed by atoms with van der Waals surface area (Å²) in [5.41, 5.74) is 0.360. The summed E-state index contributed by atoms with van der Waals surface area (Å²) >= 11 is 0. The standard InChI is InChI=1S/C12H22OSi/c1-10-12(8-6-7-9-12)11(2,3)13-14(10,4)5/h1,6-9H2,2-5H3. The summed E-state index contributed by atoms with van der Waals surface area (Å²) in [6, 6.07) is 0. The molecule has 2 heteroatoms. The Balaban J connectivity index is 2.45. The van der Waals surface area contributed by atoms with E-state index in [2.05, 4.69) is 33.5 Å². The fourth-order valence-electron chi connectivity index (χ4n) is 3.62. The lowest BCUT2D eigenvalue weighted by Crippen LogP contribution is -2.38. The summed E-state index contributed by atoms with van der Waals surface area (Å²) in [6.45, 7) is 13.5. The van der Waals surface area contributed by atoms with Crippen LogP contribution in [-0.2, 0) is 4.43 Å². The van der Waals surface area contributed by atoms with E-state index in [1.165, 1.54) is 30.9 Å². The Hall–Kier alpha value is -0.0831. The van der Waals surface area contributed by atoms with Crippen LogP contribution in [-0.4, -0.2) is 13.9 Å². The van der Waals surface area contributed by atoms with E-state index in [4.69, 9.17) is 4.43 Å². The molecule has 0 amide bonds. The maximum absolute atomic E-state index is 6.33. The molecule has 1 nitrogen and oxygen atoms in total. The van der Waals surface area contributed by atoms with E-state index in [9.17, 15) is 0 Å². The minimum atomic E-state index is -1.61. The third-order valence-electron chi connectivity index (χ3n) is 4.42. The second-order valence-corrected chi connectivity index (χ2v) is 9.72. The first-order valence-corrected chi connectivity index (χ1v) is 8.63. The van der Waals surface area contributed by atoms with Crippen LogP contribution in [0.2, 0.25) is 13.1 Å². The van der Waals surface area contributed by atoms with Crippen molar-refractivity contribution < 1.29 is 4.43 Å². The number of hydrogen-bond donors (Lipinski definition) is 0. The molecule has 1 heterocycles. The van der Waals surface area contributed by atoms with E-state index in [1.807, 2.05) is 0 Å². The van der Waals surface area contributed by atoms with Crippen LogP contribution in [0.15, 0.2) is 11.8 Å². The Morgan fingerprint density at radius 3 is 2.07 bits per heavy atom. The van der Waals surface area contributed by atoms with Crippen molar-refractivity contribution in [2.75, 3.05) is 0 Å². The molecule has 14 heavy (non-hydrogen) atoms. The van der Waals surface area contributed by atoms with E-state index in [1.54, 1.807) is 0 Å². The summed E-state index contributed by atoms with van der Waals surface area (Å²) < 4.78 is 6.33. The maximum atomic E-state index is 6.33. The highest BCUT2D eigenvalue weighted by atomic mass is 28.4. The molecule has 1 aliphatic heterocycles. The van der Waals surface area contributed by atoms with Gasteiger partial charge in [0.05, 0.1) is 5.60 Å². The van der Waals surface area contributed by atoms with E-state index in [-0.39, 0.29) is 5.60 Å². The lowest BCUT2D eigenvalue weighted by atomic mass is 9.72. The van der Waals surface area contributed by atoms with Gasteiger partial charge in [-0.15, -0.1) is 6.58 Å². The van der Waals surface area contributed by atoms with Crippen LogP contribution in [0.4, 0.5) is 0 Å².